The lowest BCUT2D eigenvalue weighted by atomic mass is 10.1. The summed E-state index contributed by atoms with van der Waals surface area (Å²) in [6.45, 7) is 3.21. The smallest absolute Gasteiger partial charge is 0.0851 e. The predicted octanol–water partition coefficient (Wildman–Crippen LogP) is 0.439. The lowest BCUT2D eigenvalue weighted by molar-refractivity contribution is 0.141. The Labute approximate surface area is 60.6 Å². The summed E-state index contributed by atoms with van der Waals surface area (Å²) in [7, 11) is 0. The first-order chi connectivity index (χ1) is 4.70. The highest BCUT2D eigenvalue weighted by Crippen LogP contribution is 2.07. The van der Waals surface area contributed by atoms with Gasteiger partial charge in [0.1, 0.15) is 0 Å². The highest BCUT2D eigenvalue weighted by molar-refractivity contribution is 4.79. The van der Waals surface area contributed by atoms with Crippen molar-refractivity contribution in [1.29, 1.82) is 0 Å². The van der Waals surface area contributed by atoms with E-state index in [1.807, 2.05) is 0 Å². The van der Waals surface area contributed by atoms with Crippen LogP contribution in [0, 0.1) is 5.92 Å². The first-order valence-electron chi connectivity index (χ1n) is 3.29. The van der Waals surface area contributed by atoms with E-state index in [-0.39, 0.29) is 24.9 Å². The van der Waals surface area contributed by atoms with E-state index in [2.05, 4.69) is 6.58 Å². The van der Waals surface area contributed by atoms with Gasteiger partial charge in [-0.15, -0.1) is 0 Å². The molecule has 0 aromatic rings. The Morgan fingerprint density at radius 3 is 2.10 bits per heavy atom. The highest BCUT2D eigenvalue weighted by Gasteiger charge is 2.04. The molecule has 0 rings (SSSR count). The average Bonchev–Trinajstić information content (AvgIpc) is 1.90. The Balaban J connectivity index is 3.34. The summed E-state index contributed by atoms with van der Waals surface area (Å²) < 4.78 is 0. The molecule has 0 radical (unpaired) electrons. The lowest BCUT2D eigenvalue weighted by Crippen LogP contribution is -2.10. The molecule has 0 atom stereocenters. The Morgan fingerprint density at radius 2 is 1.80 bits per heavy atom. The molecular weight excluding hydrogens is 132 g/mol. The summed E-state index contributed by atoms with van der Waals surface area (Å²) in [5.41, 5.74) is 0. The van der Waals surface area contributed by atoms with Crippen molar-refractivity contribution in [2.75, 3.05) is 13.2 Å². The summed E-state index contributed by atoms with van der Waals surface area (Å²) >= 11 is 0. The van der Waals surface area contributed by atoms with Gasteiger partial charge in [0.15, 0.2) is 0 Å². The molecule has 0 aromatic carbocycles. The van der Waals surface area contributed by atoms with Crippen LogP contribution in [0.3, 0.4) is 0 Å². The molecule has 3 N–H and O–H groups in total. The quantitative estimate of drug-likeness (QED) is 0.493. The monoisotopic (exact) mass is 146 g/mol. The van der Waals surface area contributed by atoms with E-state index in [4.69, 9.17) is 15.3 Å². The van der Waals surface area contributed by atoms with Crippen molar-refractivity contribution < 1.29 is 15.3 Å². The average molecular weight is 146 g/mol. The molecule has 60 valence electrons. The van der Waals surface area contributed by atoms with Crippen LogP contribution in [0.15, 0.2) is 12.3 Å². The third-order valence-electron chi connectivity index (χ3n) is 1.36. The van der Waals surface area contributed by atoms with Crippen molar-refractivity contribution in [3.8, 4) is 0 Å². The largest absolute Gasteiger partial charge is 0.513 e. The van der Waals surface area contributed by atoms with Crippen molar-refractivity contribution in [2.45, 2.75) is 12.8 Å². The Morgan fingerprint density at radius 1 is 1.30 bits per heavy atom. The van der Waals surface area contributed by atoms with E-state index < -0.39 is 0 Å². The minimum atomic E-state index is -0.121. The number of hydrogen-bond donors (Lipinski definition) is 3. The first-order valence-corrected chi connectivity index (χ1v) is 3.29. The van der Waals surface area contributed by atoms with Crippen molar-refractivity contribution in [2.24, 2.45) is 5.92 Å². The molecule has 0 aliphatic heterocycles. The van der Waals surface area contributed by atoms with E-state index in [0.717, 1.165) is 0 Å². The van der Waals surface area contributed by atoms with E-state index >= 15 is 0 Å². The van der Waals surface area contributed by atoms with Gasteiger partial charge in [-0.25, -0.2) is 0 Å². The molecule has 0 fully saturated rings. The summed E-state index contributed by atoms with van der Waals surface area (Å²) in [5.74, 6) is -0.0178. The molecule has 0 unspecified atom stereocenters. The molecule has 0 saturated heterocycles. The number of aliphatic hydroxyl groups excluding tert-OH is 3. The fourth-order valence-electron chi connectivity index (χ4n) is 0.611. The SMILES string of the molecule is C=C(O)CCC(CO)CO. The van der Waals surface area contributed by atoms with Crippen LogP contribution in [0.25, 0.3) is 0 Å². The van der Waals surface area contributed by atoms with E-state index in [0.29, 0.717) is 12.8 Å². The Kier molecular flexibility index (Phi) is 4.98. The molecule has 0 aliphatic rings. The van der Waals surface area contributed by atoms with Crippen LogP contribution >= 0.6 is 0 Å². The number of allylic oxidation sites excluding steroid dienone is 1. The summed E-state index contributed by atoms with van der Waals surface area (Å²) in [6.07, 6.45) is 1.04. The normalized spacial score (nSPS) is 10.3. The van der Waals surface area contributed by atoms with Gasteiger partial charge >= 0.3 is 0 Å². The zero-order chi connectivity index (χ0) is 7.98. The Hall–Kier alpha value is -0.540. The fourth-order valence-corrected chi connectivity index (χ4v) is 0.611. The number of hydrogen-bond acceptors (Lipinski definition) is 3. The van der Waals surface area contributed by atoms with Gasteiger partial charge in [-0.3, -0.25) is 0 Å². The van der Waals surface area contributed by atoms with Gasteiger partial charge in [-0.1, -0.05) is 6.58 Å². The van der Waals surface area contributed by atoms with Crippen LogP contribution in [0.4, 0.5) is 0 Å². The molecule has 0 aliphatic carbocycles. The molecule has 0 spiro atoms. The predicted molar refractivity (Wildman–Crippen MR) is 38.7 cm³/mol. The van der Waals surface area contributed by atoms with Crippen LogP contribution < -0.4 is 0 Å². The summed E-state index contributed by atoms with van der Waals surface area (Å²) in [6, 6.07) is 0. The maximum Gasteiger partial charge on any atom is 0.0851 e. The molecule has 3 nitrogen and oxygen atoms in total. The number of aliphatic hydroxyl groups is 3. The van der Waals surface area contributed by atoms with Gasteiger partial charge in [-0.2, -0.15) is 0 Å². The molecule has 3 heteroatoms. The van der Waals surface area contributed by atoms with Crippen LogP contribution in [0.2, 0.25) is 0 Å². The van der Waals surface area contributed by atoms with Crippen molar-refractivity contribution in [3.05, 3.63) is 12.3 Å². The summed E-state index contributed by atoms with van der Waals surface area (Å²) in [4.78, 5) is 0. The second kappa shape index (κ2) is 5.26. The maximum absolute atomic E-state index is 8.63. The van der Waals surface area contributed by atoms with Gasteiger partial charge in [0.05, 0.1) is 5.76 Å². The molecule has 0 heterocycles. The van der Waals surface area contributed by atoms with Crippen LogP contribution in [-0.2, 0) is 0 Å². The standard InChI is InChI=1S/C7H14O3/c1-6(10)2-3-7(4-8)5-9/h7-10H,1-5H2. The maximum atomic E-state index is 8.63. The third kappa shape index (κ3) is 4.35. The first kappa shape index (κ1) is 9.46. The Bertz CT molecular complexity index is 97.0. The second-order valence-electron chi connectivity index (χ2n) is 2.34. The molecule has 0 aromatic heterocycles. The van der Waals surface area contributed by atoms with Gasteiger partial charge in [-0.05, 0) is 6.42 Å². The molecule has 10 heavy (non-hydrogen) atoms. The fraction of sp³-hybridized carbons (Fsp3) is 0.714. The van der Waals surface area contributed by atoms with Gasteiger partial charge in [0.2, 0.25) is 0 Å². The van der Waals surface area contributed by atoms with Crippen LogP contribution in [0.1, 0.15) is 12.8 Å². The zero-order valence-corrected chi connectivity index (χ0v) is 5.95. The van der Waals surface area contributed by atoms with Gasteiger partial charge in [0, 0.05) is 25.6 Å². The summed E-state index contributed by atoms with van der Waals surface area (Å²) in [5, 5.41) is 25.8. The van der Waals surface area contributed by atoms with Crippen molar-refractivity contribution in [3.63, 3.8) is 0 Å². The topological polar surface area (TPSA) is 60.7 Å². The molecule has 0 saturated carbocycles. The van der Waals surface area contributed by atoms with E-state index in [9.17, 15) is 0 Å². The minimum Gasteiger partial charge on any atom is -0.513 e. The van der Waals surface area contributed by atoms with Crippen LogP contribution in [0.5, 0.6) is 0 Å². The third-order valence-corrected chi connectivity index (χ3v) is 1.36. The molecular formula is C7H14O3. The van der Waals surface area contributed by atoms with Crippen molar-refractivity contribution in [1.82, 2.24) is 0 Å². The lowest BCUT2D eigenvalue weighted by Gasteiger charge is -2.08. The van der Waals surface area contributed by atoms with Gasteiger partial charge in [0.25, 0.3) is 0 Å². The van der Waals surface area contributed by atoms with Gasteiger partial charge < -0.3 is 15.3 Å². The molecule has 0 amide bonds. The van der Waals surface area contributed by atoms with Crippen molar-refractivity contribution >= 4 is 0 Å². The van der Waals surface area contributed by atoms with Crippen LogP contribution in [-0.4, -0.2) is 28.5 Å². The number of rotatable bonds is 5. The molecule has 0 bridgehead atoms. The second-order valence-corrected chi connectivity index (χ2v) is 2.34. The van der Waals surface area contributed by atoms with E-state index in [1.54, 1.807) is 0 Å². The minimum absolute atomic E-state index is 0.0379. The zero-order valence-electron chi connectivity index (χ0n) is 5.95. The van der Waals surface area contributed by atoms with E-state index in [1.165, 1.54) is 0 Å². The highest BCUT2D eigenvalue weighted by atomic mass is 16.3.